The molecule has 68 valence electrons. The van der Waals surface area contributed by atoms with Crippen LogP contribution in [0.25, 0.3) is 0 Å². The van der Waals surface area contributed by atoms with E-state index in [1.54, 1.807) is 0 Å². The van der Waals surface area contributed by atoms with E-state index in [9.17, 15) is 13.6 Å². The summed E-state index contributed by atoms with van der Waals surface area (Å²) in [4.78, 5) is 0. The third-order valence-corrected chi connectivity index (χ3v) is 4.04. The third-order valence-electron chi connectivity index (χ3n) is 0.228. The van der Waals surface area contributed by atoms with Crippen molar-refractivity contribution < 1.29 is 60.3 Å². The quantitative estimate of drug-likeness (QED) is 0.479. The van der Waals surface area contributed by atoms with Crippen molar-refractivity contribution in [3.63, 3.8) is 0 Å². The van der Waals surface area contributed by atoms with Crippen molar-refractivity contribution in [1.82, 2.24) is 0 Å². The van der Waals surface area contributed by atoms with Crippen LogP contribution in [0.4, 0.5) is 0 Å². The normalized spacial score (nSPS) is 13.3. The minimum absolute atomic E-state index is 0.514. The molecule has 8 nitrogen and oxygen atoms in total. The first-order chi connectivity index (χ1) is 4.71. The van der Waals surface area contributed by atoms with E-state index in [2.05, 4.69) is 5.67 Å². The first kappa shape index (κ1) is 11.8. The van der Waals surface area contributed by atoms with Crippen LogP contribution < -0.4 is 0 Å². The van der Waals surface area contributed by atoms with Crippen LogP contribution in [0.5, 0.6) is 0 Å². The first-order valence-corrected chi connectivity index (χ1v) is 9.08. The van der Waals surface area contributed by atoms with Crippen molar-refractivity contribution >= 4 is 12.3 Å². The van der Waals surface area contributed by atoms with Gasteiger partial charge in [0.2, 0.25) is 0 Å². The van der Waals surface area contributed by atoms with Gasteiger partial charge in [0.1, 0.15) is 0 Å². The zero-order chi connectivity index (χ0) is 9.12. The monoisotopic (exact) mass is 358 g/mol. The molecule has 0 aliphatic carbocycles. The molecule has 0 heterocycles. The number of rotatable bonds is 4. The van der Waals surface area contributed by atoms with E-state index in [-0.39, 0.29) is 0 Å². The molecule has 11 heavy (non-hydrogen) atoms. The second-order valence-electron chi connectivity index (χ2n) is 1.06. The number of hydrogen-bond donors (Lipinski definition) is 2. The maximum absolute atomic E-state index is 9.79. The molecule has 0 bridgehead atoms. The molecular formula is H2Mo2O8S. The Hall–Kier alpha value is 0.767. The van der Waals surface area contributed by atoms with E-state index < -0.39 is 45.8 Å². The molecule has 0 aromatic heterocycles. The molecule has 0 atom stereocenters. The summed E-state index contributed by atoms with van der Waals surface area (Å²) in [7, 11) is 0. The van der Waals surface area contributed by atoms with Crippen molar-refractivity contribution in [2.24, 2.45) is 0 Å². The average Bonchev–Trinajstić information content (AvgIpc) is 1.55. The van der Waals surface area contributed by atoms with Gasteiger partial charge in [-0.1, -0.05) is 0 Å². The van der Waals surface area contributed by atoms with Crippen LogP contribution in [0.1, 0.15) is 0 Å². The van der Waals surface area contributed by atoms with Crippen LogP contribution in [0, 0.1) is 0 Å². The summed E-state index contributed by atoms with van der Waals surface area (Å²) in [5.41, 5.74) is 0. The first-order valence-electron chi connectivity index (χ1n) is 1.70. The Morgan fingerprint density at radius 3 is 1.36 bits per heavy atom. The molecule has 0 saturated carbocycles. The molecular weight excluding hydrogens is 352 g/mol. The molecule has 0 aromatic carbocycles. The minimum atomic E-state index is -5.75. The average molecular weight is 354 g/mol. The maximum atomic E-state index is 9.79. The van der Waals surface area contributed by atoms with Crippen LogP contribution in [0.2, 0.25) is 0 Å². The van der Waals surface area contributed by atoms with Gasteiger partial charge in [-0.25, -0.2) is 0 Å². The summed E-state index contributed by atoms with van der Waals surface area (Å²) in [6, 6.07) is 0. The van der Waals surface area contributed by atoms with E-state index in [1.165, 1.54) is 0 Å². The molecule has 0 aliphatic heterocycles. The molecule has 0 fully saturated rings. The fourth-order valence-corrected chi connectivity index (χ4v) is 2.44. The van der Waals surface area contributed by atoms with Crippen LogP contribution in [-0.4, -0.2) is 7.52 Å². The molecule has 0 aromatic rings. The van der Waals surface area contributed by atoms with Gasteiger partial charge < -0.3 is 0 Å². The van der Waals surface area contributed by atoms with Crippen molar-refractivity contribution in [1.29, 1.82) is 0 Å². The van der Waals surface area contributed by atoms with Crippen molar-refractivity contribution in [2.75, 3.05) is 0 Å². The van der Waals surface area contributed by atoms with Gasteiger partial charge in [0.05, 0.1) is 0 Å². The molecule has 0 amide bonds. The Balaban J connectivity index is 3.79. The second kappa shape index (κ2) is 4.13. The van der Waals surface area contributed by atoms with Crippen LogP contribution in [0.15, 0.2) is 0 Å². The zero-order valence-corrected chi connectivity index (χ0v) is 9.40. The predicted molar refractivity (Wildman–Crippen MR) is 16.9 cm³/mol. The van der Waals surface area contributed by atoms with Gasteiger partial charge in [0, 0.05) is 0 Å². The molecule has 2 N–H and O–H groups in total. The molecule has 11 heteroatoms. The Morgan fingerprint density at radius 2 is 1.18 bits per heavy atom. The van der Waals surface area contributed by atoms with Gasteiger partial charge in [-0.15, -0.1) is 0 Å². The van der Waals surface area contributed by atoms with E-state index in [0.717, 1.165) is 0 Å². The Bertz CT molecular complexity index is 261. The zero-order valence-electron chi connectivity index (χ0n) is 4.57. The van der Waals surface area contributed by atoms with Gasteiger partial charge in [-0.2, -0.15) is 0 Å². The summed E-state index contributed by atoms with van der Waals surface area (Å²) >= 11 is -12.0. The molecule has 0 unspecified atom stereocenters. The van der Waals surface area contributed by atoms with E-state index >= 15 is 0 Å². The Kier molecular flexibility index (Phi) is 4.42. The van der Waals surface area contributed by atoms with Crippen LogP contribution >= 0.6 is 12.3 Å². The molecule has 0 aliphatic rings. The second-order valence-corrected chi connectivity index (χ2v) is 7.68. The fraction of sp³-hybridized carbons (Fsp3) is 0. The molecule has 0 radical (unpaired) electrons. The van der Waals surface area contributed by atoms with Crippen molar-refractivity contribution in [3.05, 3.63) is 0 Å². The fourth-order valence-electron chi connectivity index (χ4n) is 0.0815. The van der Waals surface area contributed by atoms with Crippen LogP contribution in [-0.2, 0) is 52.8 Å². The molecule has 0 saturated heterocycles. The molecule has 0 spiro atoms. The van der Waals surface area contributed by atoms with E-state index in [0.29, 0.717) is 0 Å². The Morgan fingerprint density at radius 1 is 0.909 bits per heavy atom. The summed E-state index contributed by atoms with van der Waals surface area (Å²) < 4.78 is 61.8. The van der Waals surface area contributed by atoms with Gasteiger partial charge >= 0.3 is 72.6 Å². The van der Waals surface area contributed by atoms with Gasteiger partial charge in [-0.3, -0.25) is 0 Å². The van der Waals surface area contributed by atoms with Crippen molar-refractivity contribution in [3.8, 4) is 0 Å². The summed E-state index contributed by atoms with van der Waals surface area (Å²) in [6.45, 7) is 0. The number of hydrogen-bond acceptors (Lipinski definition) is 7. The summed E-state index contributed by atoms with van der Waals surface area (Å²) in [5.74, 6) is 0. The van der Waals surface area contributed by atoms with Crippen LogP contribution in [0.3, 0.4) is 0 Å². The molecule has 0 rings (SSSR count). The topological polar surface area (TPSA) is 127 Å². The summed E-state index contributed by atoms with van der Waals surface area (Å²) in [6.07, 6.45) is 0. The predicted octanol–water partition coefficient (Wildman–Crippen LogP) is -1.08. The standard InChI is InChI=1S/2Mo.H2O2S.2H2O.4O/c;;1-3-2;;;;;;/h;;1-2H;2*1H2;;;;/q2*+2;;;;;;;/p-4. The van der Waals surface area contributed by atoms with Gasteiger partial charge in [0.15, 0.2) is 0 Å². The van der Waals surface area contributed by atoms with Gasteiger partial charge in [-0.05, 0) is 0 Å². The van der Waals surface area contributed by atoms with E-state index in [4.69, 9.17) is 7.52 Å². The van der Waals surface area contributed by atoms with E-state index in [1.807, 2.05) is 0 Å². The third kappa shape index (κ3) is 10.8. The summed E-state index contributed by atoms with van der Waals surface area (Å²) in [5, 5.41) is 0. The SMILES string of the molecule is [O]=[Mo](=[O])([OH])[O]S[O][Mo](=[O])(=[O])[OH]. The van der Waals surface area contributed by atoms with Gasteiger partial charge in [0.25, 0.3) is 0 Å². The van der Waals surface area contributed by atoms with Crippen molar-refractivity contribution in [2.45, 2.75) is 0 Å². The Labute approximate surface area is 72.3 Å².